The van der Waals surface area contributed by atoms with Crippen molar-refractivity contribution in [3.8, 4) is 28.8 Å². The van der Waals surface area contributed by atoms with Crippen molar-refractivity contribution in [3.63, 3.8) is 0 Å². The molecule has 35 heavy (non-hydrogen) atoms. The van der Waals surface area contributed by atoms with Crippen molar-refractivity contribution in [1.29, 1.82) is 0 Å². The van der Waals surface area contributed by atoms with Gasteiger partial charge < -0.3 is 14.8 Å². The molecule has 0 aliphatic heterocycles. The van der Waals surface area contributed by atoms with E-state index < -0.39 is 23.5 Å². The van der Waals surface area contributed by atoms with Gasteiger partial charge in [-0.3, -0.25) is 4.79 Å². The van der Waals surface area contributed by atoms with Crippen LogP contribution in [0.2, 0.25) is 0 Å². The van der Waals surface area contributed by atoms with E-state index in [1.165, 1.54) is 30.0 Å². The van der Waals surface area contributed by atoms with E-state index in [2.05, 4.69) is 15.4 Å². The van der Waals surface area contributed by atoms with Gasteiger partial charge in [-0.1, -0.05) is 0 Å². The average molecular weight is 486 g/mol. The molecule has 0 spiro atoms. The van der Waals surface area contributed by atoms with Crippen molar-refractivity contribution in [2.45, 2.75) is 6.18 Å². The third kappa shape index (κ3) is 5.08. The van der Waals surface area contributed by atoms with Crippen molar-refractivity contribution >= 4 is 11.6 Å². The molecular formula is C24H18F4N4O3. The van der Waals surface area contributed by atoms with Crippen LogP contribution in [0.3, 0.4) is 0 Å². The number of carbonyl (C=O) groups excluding carboxylic acids is 1. The Morgan fingerprint density at radius 3 is 2.23 bits per heavy atom. The number of benzene rings is 3. The number of carbonyl (C=O) groups is 1. The molecule has 0 bridgehead atoms. The molecule has 4 rings (SSSR count). The first-order chi connectivity index (χ1) is 16.7. The van der Waals surface area contributed by atoms with Crippen LogP contribution in [0.1, 0.15) is 15.9 Å². The molecule has 1 amide bonds. The predicted octanol–water partition coefficient (Wildman–Crippen LogP) is 5.36. The van der Waals surface area contributed by atoms with E-state index in [0.717, 1.165) is 19.2 Å². The molecule has 0 aliphatic rings. The number of nitrogens with one attached hydrogen (secondary N) is 1. The second kappa shape index (κ2) is 9.45. The molecule has 0 unspecified atom stereocenters. The summed E-state index contributed by atoms with van der Waals surface area (Å²) in [7, 11) is 2.54. The number of hydrogen-bond acceptors (Lipinski definition) is 5. The number of amides is 1. The molecular weight excluding hydrogens is 468 g/mol. The fraction of sp³-hybridized carbons (Fsp3) is 0.125. The van der Waals surface area contributed by atoms with Gasteiger partial charge in [-0.25, -0.2) is 9.07 Å². The number of alkyl halides is 3. The van der Waals surface area contributed by atoms with Crippen LogP contribution in [0.15, 0.2) is 66.7 Å². The van der Waals surface area contributed by atoms with Crippen molar-refractivity contribution in [2.24, 2.45) is 0 Å². The summed E-state index contributed by atoms with van der Waals surface area (Å²) in [4.78, 5) is 16.9. The molecule has 0 aliphatic carbocycles. The maximum absolute atomic E-state index is 13.3. The standard InChI is InChI=1S/C24H18F4N4O3/c1-34-20-12-5-15(13-19(20)24(26,27)28)22(33)29-17-8-10-18(11-9-17)32-21(30-23(31-32)35-2)14-3-6-16(25)7-4-14/h3-13H,1-2H3,(H,29,33). The van der Waals surface area contributed by atoms with Crippen LogP contribution in [0.25, 0.3) is 17.1 Å². The number of halogens is 4. The monoisotopic (exact) mass is 486 g/mol. The zero-order valence-corrected chi connectivity index (χ0v) is 18.4. The number of anilines is 1. The Kier molecular flexibility index (Phi) is 6.41. The van der Waals surface area contributed by atoms with Gasteiger partial charge in [0.05, 0.1) is 25.5 Å². The van der Waals surface area contributed by atoms with Crippen LogP contribution < -0.4 is 14.8 Å². The lowest BCUT2D eigenvalue weighted by atomic mass is 10.1. The van der Waals surface area contributed by atoms with Crippen molar-refractivity contribution < 1.29 is 31.8 Å². The lowest BCUT2D eigenvalue weighted by Gasteiger charge is -2.13. The van der Waals surface area contributed by atoms with Crippen molar-refractivity contribution in [1.82, 2.24) is 14.8 Å². The van der Waals surface area contributed by atoms with E-state index in [4.69, 9.17) is 9.47 Å². The lowest BCUT2D eigenvalue weighted by molar-refractivity contribution is -0.138. The molecule has 0 fully saturated rings. The minimum absolute atomic E-state index is 0.0988. The summed E-state index contributed by atoms with van der Waals surface area (Å²) < 4.78 is 64.4. The summed E-state index contributed by atoms with van der Waals surface area (Å²) >= 11 is 0. The lowest BCUT2D eigenvalue weighted by Crippen LogP contribution is -2.15. The maximum atomic E-state index is 13.3. The molecule has 1 N–H and O–H groups in total. The average Bonchev–Trinajstić information content (AvgIpc) is 3.28. The minimum Gasteiger partial charge on any atom is -0.496 e. The zero-order chi connectivity index (χ0) is 25.2. The quantitative estimate of drug-likeness (QED) is 0.371. The molecule has 7 nitrogen and oxygen atoms in total. The summed E-state index contributed by atoms with van der Waals surface area (Å²) in [5.41, 5.74) is 0.276. The first kappa shape index (κ1) is 23.7. The Balaban J connectivity index is 1.58. The molecule has 0 saturated heterocycles. The second-order valence-corrected chi connectivity index (χ2v) is 7.25. The number of aromatic nitrogens is 3. The van der Waals surface area contributed by atoms with Crippen LogP contribution in [-0.4, -0.2) is 34.9 Å². The Morgan fingerprint density at radius 1 is 0.943 bits per heavy atom. The van der Waals surface area contributed by atoms with Gasteiger partial charge in [0.15, 0.2) is 5.82 Å². The maximum Gasteiger partial charge on any atom is 0.419 e. The topological polar surface area (TPSA) is 78.3 Å². The highest BCUT2D eigenvalue weighted by atomic mass is 19.4. The number of nitrogens with zero attached hydrogens (tertiary/aromatic N) is 3. The molecule has 3 aromatic carbocycles. The van der Waals surface area contributed by atoms with Gasteiger partial charge in [-0.2, -0.15) is 18.2 Å². The van der Waals surface area contributed by atoms with Gasteiger partial charge in [0.1, 0.15) is 11.6 Å². The fourth-order valence-electron chi connectivity index (χ4n) is 3.31. The summed E-state index contributed by atoms with van der Waals surface area (Å²) in [6.45, 7) is 0. The van der Waals surface area contributed by atoms with Gasteiger partial charge in [0.25, 0.3) is 5.91 Å². The molecule has 0 saturated carbocycles. The highest BCUT2D eigenvalue weighted by molar-refractivity contribution is 6.04. The number of rotatable bonds is 6. The summed E-state index contributed by atoms with van der Waals surface area (Å²) in [5, 5.41) is 6.83. The molecule has 0 atom stereocenters. The number of hydrogen-bond donors (Lipinski definition) is 1. The van der Waals surface area contributed by atoms with Crippen LogP contribution in [0.5, 0.6) is 11.8 Å². The van der Waals surface area contributed by atoms with E-state index in [1.807, 2.05) is 0 Å². The molecule has 1 aromatic heterocycles. The summed E-state index contributed by atoms with van der Waals surface area (Å²) in [6, 6.07) is 15.2. The van der Waals surface area contributed by atoms with Crippen LogP contribution >= 0.6 is 0 Å². The smallest absolute Gasteiger partial charge is 0.419 e. The van der Waals surface area contributed by atoms with Crippen molar-refractivity contribution in [3.05, 3.63) is 83.7 Å². The van der Waals surface area contributed by atoms with Gasteiger partial charge >= 0.3 is 12.2 Å². The largest absolute Gasteiger partial charge is 0.496 e. The first-order valence-electron chi connectivity index (χ1n) is 10.1. The van der Waals surface area contributed by atoms with Crippen LogP contribution in [-0.2, 0) is 6.18 Å². The van der Waals surface area contributed by atoms with E-state index in [1.54, 1.807) is 36.4 Å². The Labute approximate surface area is 196 Å². The van der Waals surface area contributed by atoms with Crippen LogP contribution in [0.4, 0.5) is 23.2 Å². The molecule has 4 aromatic rings. The SMILES string of the molecule is COc1nc(-c2ccc(F)cc2)n(-c2ccc(NC(=O)c3ccc(OC)c(C(F)(F)F)c3)cc2)n1. The van der Waals surface area contributed by atoms with Gasteiger partial charge in [-0.15, -0.1) is 5.10 Å². The number of ether oxygens (including phenoxy) is 2. The summed E-state index contributed by atoms with van der Waals surface area (Å²) in [6.07, 6.45) is -4.68. The molecule has 11 heteroatoms. The summed E-state index contributed by atoms with van der Waals surface area (Å²) in [5.74, 6) is -1.10. The minimum atomic E-state index is -4.68. The Morgan fingerprint density at radius 2 is 1.63 bits per heavy atom. The zero-order valence-electron chi connectivity index (χ0n) is 18.4. The van der Waals surface area contributed by atoms with Gasteiger partial charge in [0, 0.05) is 16.8 Å². The molecule has 180 valence electrons. The van der Waals surface area contributed by atoms with Crippen LogP contribution in [0, 0.1) is 5.82 Å². The second-order valence-electron chi connectivity index (χ2n) is 7.25. The third-order valence-corrected chi connectivity index (χ3v) is 5.01. The fourth-order valence-corrected chi connectivity index (χ4v) is 3.31. The van der Waals surface area contributed by atoms with Crippen molar-refractivity contribution in [2.75, 3.05) is 19.5 Å². The van der Waals surface area contributed by atoms with E-state index in [9.17, 15) is 22.4 Å². The number of methoxy groups -OCH3 is 2. The van der Waals surface area contributed by atoms with E-state index in [0.29, 0.717) is 22.8 Å². The Bertz CT molecular complexity index is 1350. The van der Waals surface area contributed by atoms with Gasteiger partial charge in [0.2, 0.25) is 0 Å². The first-order valence-corrected chi connectivity index (χ1v) is 10.1. The van der Waals surface area contributed by atoms with E-state index in [-0.39, 0.29) is 17.3 Å². The highest BCUT2D eigenvalue weighted by Crippen LogP contribution is 2.36. The molecule has 0 radical (unpaired) electrons. The third-order valence-electron chi connectivity index (χ3n) is 5.01. The van der Waals surface area contributed by atoms with Gasteiger partial charge in [-0.05, 0) is 66.7 Å². The molecule has 1 heterocycles. The highest BCUT2D eigenvalue weighted by Gasteiger charge is 2.35. The Hall–Kier alpha value is -4.41. The normalized spacial score (nSPS) is 11.3. The van der Waals surface area contributed by atoms with E-state index >= 15 is 0 Å². The predicted molar refractivity (Wildman–Crippen MR) is 119 cm³/mol.